The molecular weight excluding hydrogens is 340 g/mol. The predicted molar refractivity (Wildman–Crippen MR) is 104 cm³/mol. The van der Waals surface area contributed by atoms with Gasteiger partial charge in [-0.3, -0.25) is 9.59 Å². The van der Waals surface area contributed by atoms with Gasteiger partial charge < -0.3 is 15.0 Å². The summed E-state index contributed by atoms with van der Waals surface area (Å²) in [5.74, 6) is 0.545. The Balaban J connectivity index is 1.52. The molecule has 2 aromatic carbocycles. The van der Waals surface area contributed by atoms with E-state index in [4.69, 9.17) is 4.74 Å². The first kappa shape index (κ1) is 19.0. The summed E-state index contributed by atoms with van der Waals surface area (Å²) < 4.78 is 5.36. The summed E-state index contributed by atoms with van der Waals surface area (Å²) >= 11 is 0. The summed E-state index contributed by atoms with van der Waals surface area (Å²) in [5, 5.41) is 2.98. The molecule has 27 heavy (non-hydrogen) atoms. The lowest BCUT2D eigenvalue weighted by Gasteiger charge is -2.17. The van der Waals surface area contributed by atoms with Crippen molar-refractivity contribution in [3.63, 3.8) is 0 Å². The van der Waals surface area contributed by atoms with Crippen LogP contribution in [0.1, 0.15) is 23.1 Å². The highest BCUT2D eigenvalue weighted by atomic mass is 16.5. The van der Waals surface area contributed by atoms with Crippen molar-refractivity contribution < 1.29 is 14.3 Å². The van der Waals surface area contributed by atoms with Crippen molar-refractivity contribution in [1.82, 2.24) is 10.2 Å². The number of rotatable bonds is 7. The zero-order valence-corrected chi connectivity index (χ0v) is 15.9. The summed E-state index contributed by atoms with van der Waals surface area (Å²) in [4.78, 5) is 26.6. The van der Waals surface area contributed by atoms with E-state index < -0.39 is 0 Å². The molecule has 2 amide bonds. The molecule has 1 unspecified atom stereocenters. The van der Waals surface area contributed by atoms with Crippen molar-refractivity contribution >= 4 is 11.8 Å². The van der Waals surface area contributed by atoms with Crippen LogP contribution in [0.15, 0.2) is 48.5 Å². The van der Waals surface area contributed by atoms with Crippen molar-refractivity contribution in [3.05, 3.63) is 65.2 Å². The largest absolute Gasteiger partial charge is 0.496 e. The first-order valence-electron chi connectivity index (χ1n) is 9.30. The number of nitrogens with one attached hydrogen (secondary N) is 1. The Labute approximate surface area is 160 Å². The van der Waals surface area contributed by atoms with Crippen LogP contribution in [-0.4, -0.2) is 36.9 Å². The van der Waals surface area contributed by atoms with Gasteiger partial charge in [0.2, 0.25) is 11.8 Å². The number of hydrogen-bond acceptors (Lipinski definition) is 3. The van der Waals surface area contributed by atoms with E-state index in [2.05, 4.69) is 5.32 Å². The highest BCUT2D eigenvalue weighted by Gasteiger charge is 2.33. The molecule has 1 saturated heterocycles. The van der Waals surface area contributed by atoms with Crippen LogP contribution in [0.3, 0.4) is 0 Å². The van der Waals surface area contributed by atoms with Gasteiger partial charge in [-0.15, -0.1) is 0 Å². The van der Waals surface area contributed by atoms with Gasteiger partial charge in [0.25, 0.3) is 0 Å². The van der Waals surface area contributed by atoms with E-state index in [9.17, 15) is 9.59 Å². The topological polar surface area (TPSA) is 58.6 Å². The number of amides is 2. The number of carbonyl (C=O) groups excluding carboxylic acids is 2. The summed E-state index contributed by atoms with van der Waals surface area (Å²) in [6.45, 7) is 3.60. The molecule has 2 aromatic rings. The highest BCUT2D eigenvalue weighted by molar-refractivity contribution is 5.89. The maximum absolute atomic E-state index is 12.5. The van der Waals surface area contributed by atoms with Crippen molar-refractivity contribution in [2.24, 2.45) is 5.92 Å². The SMILES string of the molecule is COc1ccccc1CCN1CC(C(=O)NCc2ccccc2C)CC1=O. The molecule has 0 aliphatic carbocycles. The Bertz CT molecular complexity index is 819. The molecule has 1 fully saturated rings. The third-order valence-corrected chi connectivity index (χ3v) is 5.14. The van der Waals surface area contributed by atoms with Crippen LogP contribution in [-0.2, 0) is 22.6 Å². The average molecular weight is 366 g/mol. The molecule has 1 aliphatic rings. The number of nitrogens with zero attached hydrogens (tertiary/aromatic N) is 1. The number of carbonyl (C=O) groups is 2. The van der Waals surface area contributed by atoms with Gasteiger partial charge >= 0.3 is 0 Å². The van der Waals surface area contributed by atoms with Crippen LogP contribution in [0, 0.1) is 12.8 Å². The van der Waals surface area contributed by atoms with Gasteiger partial charge in [0.1, 0.15) is 5.75 Å². The lowest BCUT2D eigenvalue weighted by atomic mass is 10.1. The van der Waals surface area contributed by atoms with E-state index in [1.54, 1.807) is 12.0 Å². The van der Waals surface area contributed by atoms with Crippen LogP contribution in [0.2, 0.25) is 0 Å². The second kappa shape index (κ2) is 8.71. The maximum atomic E-state index is 12.5. The summed E-state index contributed by atoms with van der Waals surface area (Å²) in [7, 11) is 1.65. The predicted octanol–water partition coefficient (Wildman–Crippen LogP) is 2.71. The number of ether oxygens (including phenoxy) is 1. The van der Waals surface area contributed by atoms with E-state index in [1.165, 1.54) is 0 Å². The lowest BCUT2D eigenvalue weighted by molar-refractivity contribution is -0.129. The number of para-hydroxylation sites is 1. The first-order valence-corrected chi connectivity index (χ1v) is 9.30. The zero-order chi connectivity index (χ0) is 19.2. The summed E-state index contributed by atoms with van der Waals surface area (Å²) in [6, 6.07) is 15.8. The molecule has 1 aliphatic heterocycles. The molecule has 5 nitrogen and oxygen atoms in total. The molecule has 1 N–H and O–H groups in total. The third-order valence-electron chi connectivity index (χ3n) is 5.14. The van der Waals surface area contributed by atoms with E-state index in [0.717, 1.165) is 22.4 Å². The molecule has 142 valence electrons. The second-order valence-corrected chi connectivity index (χ2v) is 6.95. The minimum absolute atomic E-state index is 0.0425. The Morgan fingerprint density at radius 3 is 2.59 bits per heavy atom. The monoisotopic (exact) mass is 366 g/mol. The van der Waals surface area contributed by atoms with Crippen LogP contribution >= 0.6 is 0 Å². The van der Waals surface area contributed by atoms with Gasteiger partial charge in [0.15, 0.2) is 0 Å². The number of methoxy groups -OCH3 is 1. The Kier molecular flexibility index (Phi) is 6.12. The van der Waals surface area contributed by atoms with E-state index in [-0.39, 0.29) is 24.2 Å². The second-order valence-electron chi connectivity index (χ2n) is 6.95. The molecule has 5 heteroatoms. The molecule has 0 saturated carbocycles. The molecule has 1 heterocycles. The van der Waals surface area contributed by atoms with Crippen molar-refractivity contribution in [2.75, 3.05) is 20.2 Å². The van der Waals surface area contributed by atoms with Gasteiger partial charge in [-0.05, 0) is 36.1 Å². The fourth-order valence-corrected chi connectivity index (χ4v) is 3.46. The molecule has 0 aromatic heterocycles. The quantitative estimate of drug-likeness (QED) is 0.820. The van der Waals surface area contributed by atoms with Crippen LogP contribution in [0.5, 0.6) is 5.75 Å². The normalized spacial score (nSPS) is 16.4. The fraction of sp³-hybridized carbons (Fsp3) is 0.364. The number of likely N-dealkylation sites (tertiary alicyclic amines) is 1. The number of benzene rings is 2. The maximum Gasteiger partial charge on any atom is 0.225 e. The van der Waals surface area contributed by atoms with Gasteiger partial charge in [0.05, 0.1) is 13.0 Å². The zero-order valence-electron chi connectivity index (χ0n) is 15.9. The highest BCUT2D eigenvalue weighted by Crippen LogP contribution is 2.22. The van der Waals surface area contributed by atoms with Crippen molar-refractivity contribution in [1.29, 1.82) is 0 Å². The Morgan fingerprint density at radius 1 is 1.15 bits per heavy atom. The molecule has 0 spiro atoms. The molecule has 1 atom stereocenters. The molecule has 0 radical (unpaired) electrons. The summed E-state index contributed by atoms with van der Waals surface area (Å²) in [5.41, 5.74) is 3.32. The van der Waals surface area contributed by atoms with Gasteiger partial charge in [0, 0.05) is 26.1 Å². The van der Waals surface area contributed by atoms with Crippen molar-refractivity contribution in [3.8, 4) is 5.75 Å². The van der Waals surface area contributed by atoms with Gasteiger partial charge in [-0.25, -0.2) is 0 Å². The van der Waals surface area contributed by atoms with Crippen LogP contribution in [0.25, 0.3) is 0 Å². The first-order chi connectivity index (χ1) is 13.1. The van der Waals surface area contributed by atoms with E-state index in [1.807, 2.05) is 55.5 Å². The van der Waals surface area contributed by atoms with Gasteiger partial charge in [-0.1, -0.05) is 42.5 Å². The molecular formula is C22H26N2O3. The smallest absolute Gasteiger partial charge is 0.225 e. The third kappa shape index (κ3) is 4.67. The molecule has 3 rings (SSSR count). The number of hydrogen-bond donors (Lipinski definition) is 1. The minimum atomic E-state index is -0.279. The average Bonchev–Trinajstić information content (AvgIpc) is 3.06. The van der Waals surface area contributed by atoms with Crippen molar-refractivity contribution in [2.45, 2.75) is 26.3 Å². The van der Waals surface area contributed by atoms with Crippen LogP contribution in [0.4, 0.5) is 0 Å². The Morgan fingerprint density at radius 2 is 1.85 bits per heavy atom. The fourth-order valence-electron chi connectivity index (χ4n) is 3.46. The summed E-state index contributed by atoms with van der Waals surface area (Å²) in [6.07, 6.45) is 0.999. The standard InChI is InChI=1S/C22H26N2O3/c1-16-7-3-4-9-18(16)14-23-22(26)19-13-21(25)24(15-19)12-11-17-8-5-6-10-20(17)27-2/h3-10,19H,11-15H2,1-2H3,(H,23,26). The van der Waals surface area contributed by atoms with E-state index >= 15 is 0 Å². The van der Waals surface area contributed by atoms with E-state index in [0.29, 0.717) is 26.1 Å². The van der Waals surface area contributed by atoms with Gasteiger partial charge in [-0.2, -0.15) is 0 Å². The minimum Gasteiger partial charge on any atom is -0.496 e. The Hall–Kier alpha value is -2.82. The molecule has 0 bridgehead atoms. The number of aryl methyl sites for hydroxylation is 1. The van der Waals surface area contributed by atoms with Crippen LogP contribution < -0.4 is 10.1 Å². The lowest BCUT2D eigenvalue weighted by Crippen LogP contribution is -2.33.